The summed E-state index contributed by atoms with van der Waals surface area (Å²) >= 11 is 5.96. The summed E-state index contributed by atoms with van der Waals surface area (Å²) in [5.41, 5.74) is 4.48. The second kappa shape index (κ2) is 11.1. The number of carboxylic acids is 1. The van der Waals surface area contributed by atoms with Gasteiger partial charge in [-0.1, -0.05) is 74.8 Å². The van der Waals surface area contributed by atoms with Crippen LogP contribution >= 0.6 is 11.6 Å². The van der Waals surface area contributed by atoms with Gasteiger partial charge in [-0.25, -0.2) is 0 Å². The molecule has 0 radical (unpaired) electrons. The van der Waals surface area contributed by atoms with Gasteiger partial charge in [-0.05, 0) is 71.2 Å². The Morgan fingerprint density at radius 2 is 1.45 bits per heavy atom. The molecule has 6 nitrogen and oxygen atoms in total. The summed E-state index contributed by atoms with van der Waals surface area (Å²) in [5.74, 6) is -3.10. The maximum atomic E-state index is 13.0. The Labute approximate surface area is 227 Å². The van der Waals surface area contributed by atoms with E-state index in [9.17, 15) is 24.6 Å². The van der Waals surface area contributed by atoms with Crippen molar-refractivity contribution in [2.24, 2.45) is 5.92 Å². The molecule has 0 spiro atoms. The Morgan fingerprint density at radius 1 is 0.868 bits per heavy atom. The molecule has 0 aliphatic carbocycles. The molecule has 4 rings (SSSR count). The van der Waals surface area contributed by atoms with Crippen LogP contribution in [0, 0.1) is 5.92 Å². The van der Waals surface area contributed by atoms with Gasteiger partial charge in [0.1, 0.15) is 0 Å². The van der Waals surface area contributed by atoms with Crippen molar-refractivity contribution in [3.63, 3.8) is 0 Å². The minimum Gasteiger partial charge on any atom is -0.481 e. The van der Waals surface area contributed by atoms with Gasteiger partial charge in [0.2, 0.25) is 0 Å². The van der Waals surface area contributed by atoms with Crippen molar-refractivity contribution < 1.29 is 24.6 Å². The van der Waals surface area contributed by atoms with E-state index in [0.717, 1.165) is 27.2 Å². The number of nitrogens with zero attached hydrogens (tertiary/aromatic N) is 1. The molecule has 7 heteroatoms. The van der Waals surface area contributed by atoms with E-state index in [4.69, 9.17) is 11.6 Å². The molecule has 0 saturated carbocycles. The van der Waals surface area contributed by atoms with Crippen molar-refractivity contribution in [1.29, 1.82) is 0 Å². The third-order valence-corrected chi connectivity index (χ3v) is 7.39. The number of aliphatic hydroxyl groups is 1. The normalized spacial score (nSPS) is 14.9. The number of amides is 2. The summed E-state index contributed by atoms with van der Waals surface area (Å²) in [4.78, 5) is 38.9. The lowest BCUT2D eigenvalue weighted by molar-refractivity contribution is -0.146. The molecule has 2 amide bonds. The second-order valence-electron chi connectivity index (χ2n) is 10.8. The van der Waals surface area contributed by atoms with Crippen LogP contribution in [0.2, 0.25) is 5.02 Å². The van der Waals surface area contributed by atoms with Crippen LogP contribution in [0.5, 0.6) is 0 Å². The van der Waals surface area contributed by atoms with Gasteiger partial charge >= 0.3 is 5.97 Å². The molecule has 3 aromatic rings. The minimum atomic E-state index is -1.15. The van der Waals surface area contributed by atoms with Crippen LogP contribution in [-0.4, -0.2) is 45.5 Å². The van der Waals surface area contributed by atoms with Gasteiger partial charge in [-0.3, -0.25) is 19.3 Å². The van der Waals surface area contributed by atoms with Gasteiger partial charge in [0.05, 0.1) is 23.1 Å². The number of carbonyl (C=O) groups excluding carboxylic acids is 2. The van der Waals surface area contributed by atoms with E-state index in [2.05, 4.69) is 0 Å². The number of benzene rings is 3. The Morgan fingerprint density at radius 3 is 2.03 bits per heavy atom. The number of aliphatic carboxylic acids is 1. The molecular weight excluding hydrogens is 502 g/mol. The zero-order valence-corrected chi connectivity index (χ0v) is 22.5. The summed E-state index contributed by atoms with van der Waals surface area (Å²) in [6.45, 7) is 6.02. The fraction of sp³-hybridized carbons (Fsp3) is 0.323. The van der Waals surface area contributed by atoms with Gasteiger partial charge in [0.25, 0.3) is 11.8 Å². The average molecular weight is 534 g/mol. The first-order valence-corrected chi connectivity index (χ1v) is 13.1. The van der Waals surface area contributed by atoms with Crippen LogP contribution in [0.4, 0.5) is 0 Å². The lowest BCUT2D eigenvalue weighted by Crippen LogP contribution is -2.36. The van der Waals surface area contributed by atoms with Gasteiger partial charge in [0.15, 0.2) is 0 Å². The monoisotopic (exact) mass is 533 g/mol. The predicted molar refractivity (Wildman–Crippen MR) is 147 cm³/mol. The number of rotatable bonds is 9. The Balaban J connectivity index is 1.36. The third-order valence-electron chi connectivity index (χ3n) is 7.14. The standard InChI is InChI=1S/C31H32ClNO5/c1-31(2,3)22-11-14-24-26(18-22)29(36)33(28(24)35)17-16-25(30(37)38)27(34)15-6-19-4-7-20(8-5-19)21-9-12-23(32)13-10-21/h4-5,7-14,18,25,27,34H,6,15-17H2,1-3H3,(H,37,38)/t25-,27-/m0/s1. The van der Waals surface area contributed by atoms with E-state index >= 15 is 0 Å². The molecule has 0 aromatic heterocycles. The van der Waals surface area contributed by atoms with E-state index in [1.54, 1.807) is 12.1 Å². The fourth-order valence-electron chi connectivity index (χ4n) is 4.73. The number of imide groups is 1. The van der Waals surface area contributed by atoms with Crippen molar-refractivity contribution in [2.45, 2.75) is 51.6 Å². The number of carboxylic acid groups (broad SMARTS) is 1. The molecular formula is C31H32ClNO5. The highest BCUT2D eigenvalue weighted by Crippen LogP contribution is 2.30. The SMILES string of the molecule is CC(C)(C)c1ccc2c(c1)C(=O)N(CC[C@H](C(=O)O)[C@@H](O)CCc1ccc(-c3ccc(Cl)cc3)cc1)C2=O. The highest BCUT2D eigenvalue weighted by Gasteiger charge is 2.37. The number of carbonyl (C=O) groups is 3. The molecule has 38 heavy (non-hydrogen) atoms. The fourth-order valence-corrected chi connectivity index (χ4v) is 4.86. The van der Waals surface area contributed by atoms with Gasteiger partial charge < -0.3 is 10.2 Å². The highest BCUT2D eigenvalue weighted by atomic mass is 35.5. The van der Waals surface area contributed by atoms with Crippen LogP contribution in [0.3, 0.4) is 0 Å². The lowest BCUT2D eigenvalue weighted by Gasteiger charge is -2.22. The minimum absolute atomic E-state index is 0.0242. The number of fused-ring (bicyclic) bond motifs is 1. The summed E-state index contributed by atoms with van der Waals surface area (Å²) in [5, 5.41) is 21.2. The van der Waals surface area contributed by atoms with E-state index in [1.807, 2.05) is 75.4 Å². The van der Waals surface area contributed by atoms with Crippen molar-refractivity contribution in [3.05, 3.63) is 94.0 Å². The summed E-state index contributed by atoms with van der Waals surface area (Å²) in [6.07, 6.45) is -0.405. The van der Waals surface area contributed by atoms with Crippen LogP contribution < -0.4 is 0 Å². The molecule has 0 saturated heterocycles. The van der Waals surface area contributed by atoms with Crippen LogP contribution in [0.1, 0.15) is 65.5 Å². The van der Waals surface area contributed by atoms with Crippen molar-refractivity contribution >= 4 is 29.4 Å². The van der Waals surface area contributed by atoms with Crippen molar-refractivity contribution in [1.82, 2.24) is 4.90 Å². The molecule has 1 aliphatic rings. The van der Waals surface area contributed by atoms with Crippen LogP contribution in [0.25, 0.3) is 11.1 Å². The molecule has 2 atom stereocenters. The van der Waals surface area contributed by atoms with Crippen LogP contribution in [-0.2, 0) is 16.6 Å². The van der Waals surface area contributed by atoms with Gasteiger partial charge in [0, 0.05) is 11.6 Å². The molecule has 0 fully saturated rings. The molecule has 1 aliphatic heterocycles. The van der Waals surface area contributed by atoms with E-state index in [0.29, 0.717) is 22.6 Å². The predicted octanol–water partition coefficient (Wildman–Crippen LogP) is 5.99. The first-order chi connectivity index (χ1) is 18.0. The maximum absolute atomic E-state index is 13.0. The number of hydrogen-bond acceptors (Lipinski definition) is 4. The molecule has 198 valence electrons. The molecule has 0 unspecified atom stereocenters. The summed E-state index contributed by atoms with van der Waals surface area (Å²) in [7, 11) is 0. The number of aryl methyl sites for hydroxylation is 1. The smallest absolute Gasteiger partial charge is 0.309 e. The molecule has 3 aromatic carbocycles. The van der Waals surface area contributed by atoms with Gasteiger partial charge in [-0.15, -0.1) is 0 Å². The highest BCUT2D eigenvalue weighted by molar-refractivity contribution is 6.30. The van der Waals surface area contributed by atoms with E-state index < -0.39 is 29.8 Å². The quantitative estimate of drug-likeness (QED) is 0.330. The van der Waals surface area contributed by atoms with E-state index in [-0.39, 0.29) is 24.8 Å². The van der Waals surface area contributed by atoms with E-state index in [1.165, 1.54) is 0 Å². The topological polar surface area (TPSA) is 94.9 Å². The molecule has 2 N–H and O–H groups in total. The summed E-state index contributed by atoms with van der Waals surface area (Å²) < 4.78 is 0. The third kappa shape index (κ3) is 5.98. The Bertz CT molecular complexity index is 1340. The van der Waals surface area contributed by atoms with Crippen molar-refractivity contribution in [3.8, 4) is 11.1 Å². The number of halogens is 1. The van der Waals surface area contributed by atoms with Crippen molar-refractivity contribution in [2.75, 3.05) is 6.54 Å². The van der Waals surface area contributed by atoms with Crippen LogP contribution in [0.15, 0.2) is 66.7 Å². The Hall–Kier alpha value is -3.48. The van der Waals surface area contributed by atoms with Gasteiger partial charge in [-0.2, -0.15) is 0 Å². The zero-order valence-electron chi connectivity index (χ0n) is 21.8. The lowest BCUT2D eigenvalue weighted by atomic mass is 9.85. The molecule has 0 bridgehead atoms. The Kier molecular flexibility index (Phi) is 8.05. The number of aliphatic hydroxyl groups excluding tert-OH is 1. The maximum Gasteiger partial charge on any atom is 0.309 e. The number of hydrogen-bond donors (Lipinski definition) is 2. The second-order valence-corrected chi connectivity index (χ2v) is 11.3. The largest absolute Gasteiger partial charge is 0.481 e. The first-order valence-electron chi connectivity index (χ1n) is 12.7. The first kappa shape index (κ1) is 27.6. The zero-order chi connectivity index (χ0) is 27.6. The summed E-state index contributed by atoms with van der Waals surface area (Å²) in [6, 6.07) is 20.7. The molecule has 1 heterocycles. The average Bonchev–Trinajstić information content (AvgIpc) is 3.12.